The van der Waals surface area contributed by atoms with E-state index in [0.29, 0.717) is 50.7 Å². The molecule has 2 N–H and O–H groups in total. The molecule has 1 fully saturated rings. The van der Waals surface area contributed by atoms with E-state index < -0.39 is 17.1 Å². The van der Waals surface area contributed by atoms with Gasteiger partial charge in [0.15, 0.2) is 18.1 Å². The van der Waals surface area contributed by atoms with Crippen molar-refractivity contribution in [1.82, 2.24) is 4.98 Å². The fraction of sp³-hybridized carbons (Fsp3) is 0.226. The van der Waals surface area contributed by atoms with Gasteiger partial charge in [-0.15, -0.1) is 0 Å². The monoisotopic (exact) mass is 695 g/mol. The molecule has 1 saturated heterocycles. The van der Waals surface area contributed by atoms with Crippen LogP contribution in [-0.4, -0.2) is 48.3 Å². The standard InChI is InChI=1S/C31H26BrN3O7S2/c1-3-41-22-14-16(4-13-21(22)42-15-23(36)33-18-7-11-20(40-2)12-8-18)24-25-27(43-28-26(24)44-31(39)34-28)30(38)35(29(25)37)19-9-5-17(32)6-10-19/h4-14,24-25,27H,3,15H2,1-2H3,(H,33,36)(H,34,39). The fourth-order valence-electron chi connectivity index (χ4n) is 5.34. The van der Waals surface area contributed by atoms with Crippen molar-refractivity contribution in [1.29, 1.82) is 0 Å². The van der Waals surface area contributed by atoms with Crippen molar-refractivity contribution in [3.8, 4) is 17.2 Å². The summed E-state index contributed by atoms with van der Waals surface area (Å²) < 4.78 is 17.7. The number of thiazole rings is 1. The molecule has 0 spiro atoms. The number of aromatic nitrogens is 1. The van der Waals surface area contributed by atoms with Crippen molar-refractivity contribution in [2.24, 2.45) is 5.92 Å². The molecule has 44 heavy (non-hydrogen) atoms. The van der Waals surface area contributed by atoms with Crippen LogP contribution in [0.4, 0.5) is 11.4 Å². The van der Waals surface area contributed by atoms with Crippen molar-refractivity contribution in [3.05, 3.63) is 91.3 Å². The summed E-state index contributed by atoms with van der Waals surface area (Å²) in [5.41, 5.74) is 1.77. The maximum atomic E-state index is 14.0. The van der Waals surface area contributed by atoms with Crippen LogP contribution < -0.4 is 29.3 Å². The topological polar surface area (TPSA) is 127 Å². The van der Waals surface area contributed by atoms with Crippen molar-refractivity contribution in [2.75, 3.05) is 30.5 Å². The molecule has 10 nitrogen and oxygen atoms in total. The summed E-state index contributed by atoms with van der Waals surface area (Å²) in [5.74, 6) is -0.956. The Balaban J connectivity index is 1.29. The number of methoxy groups -OCH3 is 1. The zero-order valence-corrected chi connectivity index (χ0v) is 26.7. The average molecular weight is 697 g/mol. The number of carbonyl (C=O) groups is 3. The fourth-order valence-corrected chi connectivity index (χ4v) is 8.12. The van der Waals surface area contributed by atoms with E-state index in [1.54, 1.807) is 73.8 Å². The van der Waals surface area contributed by atoms with Crippen LogP contribution in [0.3, 0.4) is 0 Å². The Hall–Kier alpha value is -4.07. The highest BCUT2D eigenvalue weighted by atomic mass is 79.9. The van der Waals surface area contributed by atoms with Crippen LogP contribution >= 0.6 is 39.0 Å². The van der Waals surface area contributed by atoms with Gasteiger partial charge in [0.25, 0.3) is 5.91 Å². The molecule has 3 unspecified atom stereocenters. The molecule has 1 aromatic heterocycles. The molecule has 13 heteroatoms. The van der Waals surface area contributed by atoms with Gasteiger partial charge in [0.1, 0.15) is 11.0 Å². The molecule has 3 amide bonds. The number of H-pyrrole nitrogens is 1. The number of fused-ring (bicyclic) bond motifs is 2. The Labute approximate surface area is 268 Å². The molecule has 3 atom stereocenters. The molecule has 0 bridgehead atoms. The summed E-state index contributed by atoms with van der Waals surface area (Å²) in [7, 11) is 1.57. The van der Waals surface area contributed by atoms with E-state index in [4.69, 9.17) is 14.2 Å². The maximum absolute atomic E-state index is 14.0. The number of nitrogens with one attached hydrogen (secondary N) is 2. The van der Waals surface area contributed by atoms with E-state index in [1.165, 1.54) is 16.7 Å². The number of anilines is 2. The van der Waals surface area contributed by atoms with E-state index in [-0.39, 0.29) is 29.2 Å². The highest BCUT2D eigenvalue weighted by Crippen LogP contribution is 2.53. The van der Waals surface area contributed by atoms with Gasteiger partial charge in [0.2, 0.25) is 11.8 Å². The van der Waals surface area contributed by atoms with Crippen LogP contribution in [0.25, 0.3) is 0 Å². The summed E-state index contributed by atoms with van der Waals surface area (Å²) in [4.78, 5) is 57.2. The summed E-state index contributed by atoms with van der Waals surface area (Å²) in [5, 5.41) is 2.64. The summed E-state index contributed by atoms with van der Waals surface area (Å²) in [6, 6.07) is 19.2. The largest absolute Gasteiger partial charge is 0.497 e. The molecule has 0 aliphatic carbocycles. The number of aromatic amines is 1. The number of ether oxygens (including phenoxy) is 3. The third-order valence-corrected chi connectivity index (χ3v) is 10.2. The minimum Gasteiger partial charge on any atom is -0.497 e. The lowest BCUT2D eigenvalue weighted by Gasteiger charge is -2.30. The Kier molecular flexibility index (Phi) is 8.52. The first-order chi connectivity index (χ1) is 21.3. The number of benzene rings is 3. The minimum absolute atomic E-state index is 0.259. The van der Waals surface area contributed by atoms with Crippen LogP contribution in [0.2, 0.25) is 0 Å². The third kappa shape index (κ3) is 5.74. The second-order valence-electron chi connectivity index (χ2n) is 9.94. The van der Waals surface area contributed by atoms with Gasteiger partial charge in [0, 0.05) is 21.0 Å². The van der Waals surface area contributed by atoms with Crippen molar-refractivity contribution in [2.45, 2.75) is 23.1 Å². The van der Waals surface area contributed by atoms with E-state index in [9.17, 15) is 19.2 Å². The second kappa shape index (κ2) is 12.5. The van der Waals surface area contributed by atoms with E-state index in [1.807, 2.05) is 6.92 Å². The molecule has 4 aromatic rings. The van der Waals surface area contributed by atoms with Crippen molar-refractivity contribution in [3.63, 3.8) is 0 Å². The number of rotatable bonds is 9. The quantitative estimate of drug-likeness (QED) is 0.222. The zero-order chi connectivity index (χ0) is 31.0. The van der Waals surface area contributed by atoms with Gasteiger partial charge >= 0.3 is 4.87 Å². The molecule has 226 valence electrons. The van der Waals surface area contributed by atoms with E-state index >= 15 is 0 Å². The van der Waals surface area contributed by atoms with Crippen molar-refractivity contribution >= 4 is 68.1 Å². The number of hydrogen-bond acceptors (Lipinski definition) is 9. The van der Waals surface area contributed by atoms with Gasteiger partial charge in [-0.1, -0.05) is 45.1 Å². The molecule has 3 heterocycles. The first kappa shape index (κ1) is 30.0. The van der Waals surface area contributed by atoms with Gasteiger partial charge in [-0.3, -0.25) is 19.2 Å². The van der Waals surface area contributed by atoms with E-state index in [0.717, 1.165) is 15.8 Å². The van der Waals surface area contributed by atoms with Gasteiger partial charge in [0.05, 0.1) is 30.3 Å². The number of nitrogens with zero attached hydrogens (tertiary/aromatic N) is 1. The first-order valence-electron chi connectivity index (χ1n) is 13.6. The lowest BCUT2D eigenvalue weighted by atomic mass is 9.83. The van der Waals surface area contributed by atoms with Gasteiger partial charge in [-0.25, -0.2) is 4.90 Å². The van der Waals surface area contributed by atoms with Crippen LogP contribution in [0, 0.1) is 5.92 Å². The minimum atomic E-state index is -0.744. The molecule has 2 aliphatic rings. The first-order valence-corrected chi connectivity index (χ1v) is 16.1. The lowest BCUT2D eigenvalue weighted by Crippen LogP contribution is -2.32. The number of halogens is 1. The molecular weight excluding hydrogens is 670 g/mol. The maximum Gasteiger partial charge on any atom is 0.305 e. The number of imide groups is 1. The third-order valence-electron chi connectivity index (χ3n) is 7.27. The predicted octanol–water partition coefficient (Wildman–Crippen LogP) is 5.42. The summed E-state index contributed by atoms with van der Waals surface area (Å²) >= 11 is 5.65. The Morgan fingerprint density at radius 3 is 2.43 bits per heavy atom. The van der Waals surface area contributed by atoms with Crippen molar-refractivity contribution < 1.29 is 28.6 Å². The van der Waals surface area contributed by atoms with Gasteiger partial charge in [-0.2, -0.15) is 0 Å². The average Bonchev–Trinajstić information content (AvgIpc) is 3.51. The molecule has 0 radical (unpaired) electrons. The van der Waals surface area contributed by atoms with Crippen LogP contribution in [0.5, 0.6) is 17.2 Å². The lowest BCUT2D eigenvalue weighted by molar-refractivity contribution is -0.122. The summed E-state index contributed by atoms with van der Waals surface area (Å²) in [6.45, 7) is 1.88. The van der Waals surface area contributed by atoms with Crippen LogP contribution in [0.15, 0.2) is 81.0 Å². The van der Waals surface area contributed by atoms with Gasteiger partial charge < -0.3 is 24.5 Å². The summed E-state index contributed by atoms with van der Waals surface area (Å²) in [6.07, 6.45) is 0. The molecule has 2 aliphatic heterocycles. The second-order valence-corrected chi connectivity index (χ2v) is 13.0. The van der Waals surface area contributed by atoms with Crippen LogP contribution in [0.1, 0.15) is 23.3 Å². The van der Waals surface area contributed by atoms with Gasteiger partial charge in [-0.05, 0) is 73.2 Å². The number of thioether (sulfide) groups is 1. The highest BCUT2D eigenvalue weighted by molar-refractivity contribution is 9.10. The highest BCUT2D eigenvalue weighted by Gasteiger charge is 2.56. The molecule has 3 aromatic carbocycles. The van der Waals surface area contributed by atoms with Crippen LogP contribution in [-0.2, 0) is 14.4 Å². The number of carbonyl (C=O) groups excluding carboxylic acids is 3. The Bertz CT molecular complexity index is 1790. The molecular formula is C31H26BrN3O7S2. The Morgan fingerprint density at radius 2 is 1.73 bits per heavy atom. The molecule has 0 saturated carbocycles. The number of amides is 3. The normalized spacial score (nSPS) is 18.9. The molecule has 6 rings (SSSR count). The predicted molar refractivity (Wildman–Crippen MR) is 171 cm³/mol. The Morgan fingerprint density at radius 1 is 0.977 bits per heavy atom. The van der Waals surface area contributed by atoms with E-state index in [2.05, 4.69) is 26.2 Å². The smallest absolute Gasteiger partial charge is 0.305 e. The zero-order valence-electron chi connectivity index (χ0n) is 23.5. The SMILES string of the molecule is CCOc1cc(C2c3sc(=O)[nH]c3SC3C(=O)N(c4ccc(Br)cc4)C(=O)C32)ccc1OCC(=O)Nc1ccc(OC)cc1. The number of hydrogen-bond donors (Lipinski definition) is 2.